The molecule has 0 aliphatic carbocycles. The molecule has 6 rings (SSSR count). The van der Waals surface area contributed by atoms with Crippen LogP contribution in [0, 0.1) is 10.1 Å². The van der Waals surface area contributed by atoms with Crippen molar-refractivity contribution in [2.75, 3.05) is 0 Å². The van der Waals surface area contributed by atoms with Crippen LogP contribution in [0.5, 0.6) is 5.75 Å². The number of nitro groups is 1. The lowest BCUT2D eigenvalue weighted by Crippen LogP contribution is -2.13. The van der Waals surface area contributed by atoms with Crippen LogP contribution >= 0.6 is 38.6 Å². The minimum atomic E-state index is -0.432. The fourth-order valence-electron chi connectivity index (χ4n) is 4.20. The van der Waals surface area contributed by atoms with E-state index in [-0.39, 0.29) is 11.4 Å². The fourth-order valence-corrected chi connectivity index (χ4v) is 6.17. The van der Waals surface area contributed by atoms with E-state index in [0.717, 1.165) is 32.8 Å². The Morgan fingerprint density at radius 2 is 1.76 bits per heavy atom. The predicted molar refractivity (Wildman–Crippen MR) is 164 cm³/mol. The maximum absolute atomic E-state index is 11.1. The average Bonchev–Trinajstić information content (AvgIpc) is 3.68. The van der Waals surface area contributed by atoms with Gasteiger partial charge in [0, 0.05) is 33.2 Å². The topological polar surface area (TPSA) is 123 Å². The molecule has 1 N–H and O–H groups in total. The third-order valence-corrected chi connectivity index (χ3v) is 8.61. The van der Waals surface area contributed by atoms with Crippen molar-refractivity contribution >= 4 is 55.5 Å². The van der Waals surface area contributed by atoms with Gasteiger partial charge >= 0.3 is 0 Å². The number of nitrogens with zero attached hydrogens (tertiary/aromatic N) is 7. The lowest BCUT2D eigenvalue weighted by atomic mass is 10.1. The monoisotopic (exact) mass is 645 g/mol. The molecule has 0 saturated carbocycles. The number of phenolic OH excluding ortho intramolecular Hbond substituents is 1. The lowest BCUT2D eigenvalue weighted by molar-refractivity contribution is -0.384. The smallest absolute Gasteiger partial charge is 0.269 e. The zero-order valence-corrected chi connectivity index (χ0v) is 24.6. The largest absolute Gasteiger partial charge is 0.508 e. The predicted octanol–water partition coefficient (Wildman–Crippen LogP) is 6.85. The van der Waals surface area contributed by atoms with Gasteiger partial charge in [0.2, 0.25) is 9.76 Å². The second-order valence-electron chi connectivity index (χ2n) is 8.80. The van der Waals surface area contributed by atoms with E-state index in [9.17, 15) is 15.2 Å². The molecule has 0 spiro atoms. The molecule has 0 amide bonds. The van der Waals surface area contributed by atoms with Crippen LogP contribution in [0.1, 0.15) is 17.6 Å². The molecule has 0 fully saturated rings. The molecule has 10 nitrogen and oxygen atoms in total. The van der Waals surface area contributed by atoms with Crippen LogP contribution in [0.2, 0.25) is 0 Å². The summed E-state index contributed by atoms with van der Waals surface area (Å²) in [7, 11) is 0. The normalized spacial score (nSPS) is 12.1. The summed E-state index contributed by atoms with van der Waals surface area (Å²) in [4.78, 5) is 16.8. The highest BCUT2D eigenvalue weighted by Crippen LogP contribution is 2.29. The van der Waals surface area contributed by atoms with E-state index in [1.54, 1.807) is 35.0 Å². The first-order valence-electron chi connectivity index (χ1n) is 12.4. The number of benzene rings is 3. The van der Waals surface area contributed by atoms with E-state index in [4.69, 9.17) is 4.98 Å². The molecular formula is C28H20BrN7O3S2. The van der Waals surface area contributed by atoms with Gasteiger partial charge in [-0.2, -0.15) is 10.2 Å². The van der Waals surface area contributed by atoms with Gasteiger partial charge in [-0.05, 0) is 60.5 Å². The van der Waals surface area contributed by atoms with E-state index < -0.39 is 4.92 Å². The molecule has 0 atom stereocenters. The standard InChI is InChI=1S/C28H20BrN7O3S2/c1-2-25-33-35-23(26(31-27(35)41-25)18-5-9-21(10-6-18)36(38)39)15-30-32-28-34(20-11-13-22(37)14-12-20)24(16-40-28)17-3-7-19(29)8-4-17/h3-16,37H,2H2,1H3/b30-15+,32-28-. The number of phenols is 1. The number of aromatic nitrogens is 4. The van der Waals surface area contributed by atoms with Crippen molar-refractivity contribution in [2.24, 2.45) is 10.2 Å². The SMILES string of the molecule is CCc1nn2c(/C=N/N=c3\scc(-c4ccc(Br)cc4)n3-c3ccc(O)cc3)c(-c3ccc([N+](=O)[O-])cc3)nc2s1. The molecule has 3 aromatic heterocycles. The van der Waals surface area contributed by atoms with Crippen LogP contribution in [-0.2, 0) is 6.42 Å². The first-order chi connectivity index (χ1) is 19.9. The van der Waals surface area contributed by atoms with Crippen molar-refractivity contribution in [1.29, 1.82) is 0 Å². The molecule has 0 aliphatic rings. The van der Waals surface area contributed by atoms with Crippen molar-refractivity contribution in [3.05, 3.63) is 108 Å². The van der Waals surface area contributed by atoms with Crippen molar-refractivity contribution in [1.82, 2.24) is 19.2 Å². The van der Waals surface area contributed by atoms with Gasteiger partial charge in [0.1, 0.15) is 22.1 Å². The van der Waals surface area contributed by atoms with Gasteiger partial charge in [-0.3, -0.25) is 14.7 Å². The first kappa shape index (κ1) is 26.7. The summed E-state index contributed by atoms with van der Waals surface area (Å²) < 4.78 is 4.69. The molecular weight excluding hydrogens is 626 g/mol. The lowest BCUT2D eigenvalue weighted by Gasteiger charge is -2.09. The Morgan fingerprint density at radius 1 is 1.05 bits per heavy atom. The van der Waals surface area contributed by atoms with Gasteiger partial charge in [0.05, 0.1) is 16.8 Å². The summed E-state index contributed by atoms with van der Waals surface area (Å²) in [5, 5.41) is 37.6. The van der Waals surface area contributed by atoms with E-state index >= 15 is 0 Å². The fraction of sp³-hybridized carbons (Fsp3) is 0.0714. The van der Waals surface area contributed by atoms with E-state index in [1.165, 1.54) is 34.8 Å². The van der Waals surface area contributed by atoms with Crippen molar-refractivity contribution in [2.45, 2.75) is 13.3 Å². The summed E-state index contributed by atoms with van der Waals surface area (Å²) in [6, 6.07) is 21.1. The Labute approximate surface area is 249 Å². The number of fused-ring (bicyclic) bond motifs is 1. The highest BCUT2D eigenvalue weighted by Gasteiger charge is 2.18. The Morgan fingerprint density at radius 3 is 2.44 bits per heavy atom. The van der Waals surface area contributed by atoms with Crippen LogP contribution in [0.25, 0.3) is 33.2 Å². The highest BCUT2D eigenvalue weighted by molar-refractivity contribution is 9.10. The maximum Gasteiger partial charge on any atom is 0.269 e. The first-order valence-corrected chi connectivity index (χ1v) is 14.9. The summed E-state index contributed by atoms with van der Waals surface area (Å²) in [5.74, 6) is 0.171. The highest BCUT2D eigenvalue weighted by atomic mass is 79.9. The van der Waals surface area contributed by atoms with Crippen LogP contribution in [-0.4, -0.2) is 35.4 Å². The van der Waals surface area contributed by atoms with Crippen LogP contribution in [0.3, 0.4) is 0 Å². The van der Waals surface area contributed by atoms with Crippen LogP contribution < -0.4 is 4.80 Å². The zero-order chi connectivity index (χ0) is 28.5. The summed E-state index contributed by atoms with van der Waals surface area (Å²) in [6.45, 7) is 2.03. The van der Waals surface area contributed by atoms with Gasteiger partial charge in [-0.15, -0.1) is 16.4 Å². The third-order valence-electron chi connectivity index (χ3n) is 6.21. The number of rotatable bonds is 7. The van der Waals surface area contributed by atoms with Crippen molar-refractivity contribution in [3.63, 3.8) is 0 Å². The Kier molecular flexibility index (Phi) is 7.30. The molecule has 0 unspecified atom stereocenters. The molecule has 3 aromatic carbocycles. The van der Waals surface area contributed by atoms with Gasteiger partial charge < -0.3 is 5.11 Å². The third kappa shape index (κ3) is 5.34. The van der Waals surface area contributed by atoms with Gasteiger partial charge in [0.15, 0.2) is 0 Å². The number of aryl methyl sites for hydroxylation is 1. The number of hydrogen-bond donors (Lipinski definition) is 1. The van der Waals surface area contributed by atoms with E-state index in [1.807, 2.05) is 53.3 Å². The number of aromatic hydroxyl groups is 1. The van der Waals surface area contributed by atoms with Crippen LogP contribution in [0.15, 0.2) is 92.9 Å². The molecule has 0 aliphatic heterocycles. The quantitative estimate of drug-likeness (QED) is 0.115. The van der Waals surface area contributed by atoms with Crippen molar-refractivity contribution < 1.29 is 10.0 Å². The van der Waals surface area contributed by atoms with Gasteiger partial charge in [0.25, 0.3) is 5.69 Å². The van der Waals surface area contributed by atoms with E-state index in [0.29, 0.717) is 26.7 Å². The Bertz CT molecular complexity index is 1970. The molecule has 0 saturated heterocycles. The van der Waals surface area contributed by atoms with E-state index in [2.05, 4.69) is 31.2 Å². The molecule has 6 aromatic rings. The van der Waals surface area contributed by atoms with Crippen molar-refractivity contribution in [3.8, 4) is 34.0 Å². The minimum absolute atomic E-state index is 0.00411. The molecule has 41 heavy (non-hydrogen) atoms. The molecule has 3 heterocycles. The molecule has 13 heteroatoms. The molecule has 0 radical (unpaired) electrons. The Hall–Kier alpha value is -4.46. The number of imidazole rings is 1. The maximum atomic E-state index is 11.1. The summed E-state index contributed by atoms with van der Waals surface area (Å²) in [6.07, 6.45) is 2.37. The second kappa shape index (κ2) is 11.2. The number of non-ortho nitro benzene ring substituents is 1. The molecule has 204 valence electrons. The zero-order valence-electron chi connectivity index (χ0n) is 21.4. The van der Waals surface area contributed by atoms with Crippen LogP contribution in [0.4, 0.5) is 5.69 Å². The number of halogens is 1. The van der Waals surface area contributed by atoms with Gasteiger partial charge in [-0.25, -0.2) is 9.50 Å². The number of nitro benzene ring substituents is 1. The number of thiazole rings is 1. The van der Waals surface area contributed by atoms with Gasteiger partial charge in [-0.1, -0.05) is 46.3 Å². The summed E-state index contributed by atoms with van der Waals surface area (Å²) >= 11 is 6.41. The average molecular weight is 647 g/mol. The second-order valence-corrected chi connectivity index (χ2v) is 11.6. The summed E-state index contributed by atoms with van der Waals surface area (Å²) in [5.41, 5.74) is 4.68. The number of hydrogen-bond acceptors (Lipinski definition) is 9. The molecule has 0 bridgehead atoms. The Balaban J connectivity index is 1.47. The minimum Gasteiger partial charge on any atom is -0.508 e.